The van der Waals surface area contributed by atoms with E-state index in [0.717, 1.165) is 44.6 Å². The SMILES string of the molecule is CCCCN(CCCC)c1ccc(C2=C([O-])C(C3C=CC(=[N+](CCCC)CCCC)C=C3)C2=O)cc1. The Bertz CT molecular complexity index is 950. The van der Waals surface area contributed by atoms with Crippen LogP contribution in [0.1, 0.15) is 84.6 Å². The van der Waals surface area contributed by atoms with Gasteiger partial charge in [0.2, 0.25) is 0 Å². The van der Waals surface area contributed by atoms with Crippen LogP contribution in [0.5, 0.6) is 0 Å². The van der Waals surface area contributed by atoms with Crippen molar-refractivity contribution in [3.63, 3.8) is 0 Å². The second-order valence-electron chi connectivity index (χ2n) is 10.2. The highest BCUT2D eigenvalue weighted by atomic mass is 16.3. The van der Waals surface area contributed by atoms with Gasteiger partial charge in [0.25, 0.3) is 0 Å². The zero-order valence-electron chi connectivity index (χ0n) is 23.0. The van der Waals surface area contributed by atoms with Gasteiger partial charge in [0.1, 0.15) is 13.1 Å². The molecule has 0 N–H and O–H groups in total. The molecule has 0 aromatic heterocycles. The molecule has 196 valence electrons. The molecule has 0 amide bonds. The van der Waals surface area contributed by atoms with E-state index in [-0.39, 0.29) is 17.5 Å². The van der Waals surface area contributed by atoms with Crippen LogP contribution in [0, 0.1) is 11.8 Å². The van der Waals surface area contributed by atoms with E-state index in [4.69, 9.17) is 0 Å². The topological polar surface area (TPSA) is 46.4 Å². The molecule has 0 bridgehead atoms. The zero-order valence-corrected chi connectivity index (χ0v) is 23.0. The predicted octanol–water partition coefficient (Wildman–Crippen LogP) is 6.16. The summed E-state index contributed by atoms with van der Waals surface area (Å²) in [5.74, 6) is -0.745. The number of hydrogen-bond donors (Lipinski definition) is 0. The monoisotopic (exact) mass is 490 g/mol. The van der Waals surface area contributed by atoms with Gasteiger partial charge >= 0.3 is 0 Å². The van der Waals surface area contributed by atoms with E-state index in [1.807, 2.05) is 12.1 Å². The molecule has 3 rings (SSSR count). The maximum Gasteiger partial charge on any atom is 0.199 e. The second-order valence-corrected chi connectivity index (χ2v) is 10.2. The van der Waals surface area contributed by atoms with E-state index in [1.54, 1.807) is 0 Å². The summed E-state index contributed by atoms with van der Waals surface area (Å²) in [5, 5.41) is 13.1. The van der Waals surface area contributed by atoms with Crippen LogP contribution < -0.4 is 10.0 Å². The normalized spacial score (nSPS) is 19.1. The highest BCUT2D eigenvalue weighted by Gasteiger charge is 2.38. The van der Waals surface area contributed by atoms with Crippen molar-refractivity contribution < 1.29 is 14.5 Å². The molecule has 2 aliphatic carbocycles. The van der Waals surface area contributed by atoms with Crippen LogP contribution in [-0.2, 0) is 4.79 Å². The fraction of sp³-hybridized carbons (Fsp3) is 0.562. The number of anilines is 1. The summed E-state index contributed by atoms with van der Waals surface area (Å²) in [6.45, 7) is 13.0. The molecule has 0 aliphatic heterocycles. The van der Waals surface area contributed by atoms with Crippen LogP contribution in [0.4, 0.5) is 5.69 Å². The van der Waals surface area contributed by atoms with Crippen molar-refractivity contribution in [2.45, 2.75) is 79.1 Å². The third-order valence-electron chi connectivity index (χ3n) is 7.43. The summed E-state index contributed by atoms with van der Waals surface area (Å²) >= 11 is 0. The molecule has 0 radical (unpaired) electrons. The van der Waals surface area contributed by atoms with Gasteiger partial charge in [-0.25, -0.2) is 4.58 Å². The first-order valence-electron chi connectivity index (χ1n) is 14.3. The van der Waals surface area contributed by atoms with Crippen LogP contribution in [0.2, 0.25) is 0 Å². The highest BCUT2D eigenvalue weighted by Crippen LogP contribution is 2.41. The predicted molar refractivity (Wildman–Crippen MR) is 150 cm³/mol. The third kappa shape index (κ3) is 6.78. The maximum absolute atomic E-state index is 13.1. The first-order valence-corrected chi connectivity index (χ1v) is 14.3. The van der Waals surface area contributed by atoms with Crippen LogP contribution in [-0.4, -0.2) is 42.2 Å². The van der Waals surface area contributed by atoms with Gasteiger partial charge in [-0.15, -0.1) is 5.76 Å². The number of carbonyl (C=O) groups is 1. The molecule has 1 aromatic rings. The molecule has 0 saturated carbocycles. The Morgan fingerprint density at radius 2 is 1.33 bits per heavy atom. The Hall–Kier alpha value is -2.62. The summed E-state index contributed by atoms with van der Waals surface area (Å²) < 4.78 is 2.43. The van der Waals surface area contributed by atoms with Crippen LogP contribution in [0.15, 0.2) is 54.3 Å². The van der Waals surface area contributed by atoms with Crippen molar-refractivity contribution in [1.29, 1.82) is 0 Å². The van der Waals surface area contributed by atoms with Gasteiger partial charge in [0.05, 0.1) is 0 Å². The summed E-state index contributed by atoms with van der Waals surface area (Å²) in [4.78, 5) is 15.5. The molecule has 0 saturated heterocycles. The molecule has 0 fully saturated rings. The molecule has 36 heavy (non-hydrogen) atoms. The lowest BCUT2D eigenvalue weighted by Crippen LogP contribution is -2.41. The number of Topliss-reactive ketones (excluding diaryl/α,β-unsaturated/α-hetero) is 1. The lowest BCUT2D eigenvalue weighted by atomic mass is 9.71. The quantitative estimate of drug-likeness (QED) is 0.277. The second kappa shape index (κ2) is 14.2. The number of rotatable bonds is 15. The minimum atomic E-state index is -0.570. The standard InChI is InChI=1S/C32H46N2O2/c1-5-9-21-33(22-10-6-2)27-17-13-25(14-18-27)29-31(35)30(32(29)36)26-15-19-28(20-16-26)34(23-11-7-3)24-12-8-4/h13-20,25,29H,5-12,21-24H2,1-4H3. The fourth-order valence-electron chi connectivity index (χ4n) is 5.05. The molecular weight excluding hydrogens is 444 g/mol. The first-order chi connectivity index (χ1) is 17.5. The van der Waals surface area contributed by atoms with Crippen molar-refractivity contribution in [2.24, 2.45) is 11.8 Å². The van der Waals surface area contributed by atoms with Crippen molar-refractivity contribution in [1.82, 2.24) is 0 Å². The smallest absolute Gasteiger partial charge is 0.199 e. The fourth-order valence-corrected chi connectivity index (χ4v) is 5.05. The van der Waals surface area contributed by atoms with Crippen molar-refractivity contribution in [3.8, 4) is 0 Å². The number of unbranched alkanes of at least 4 members (excludes halogenated alkanes) is 4. The van der Waals surface area contributed by atoms with Crippen molar-refractivity contribution in [2.75, 3.05) is 31.1 Å². The molecule has 4 heteroatoms. The summed E-state index contributed by atoms with van der Waals surface area (Å²) in [5.41, 5.74) is 3.51. The number of ketones is 1. The molecule has 4 nitrogen and oxygen atoms in total. The van der Waals surface area contributed by atoms with Gasteiger partial charge in [-0.1, -0.05) is 77.7 Å². The molecule has 0 spiro atoms. The van der Waals surface area contributed by atoms with E-state index in [0.29, 0.717) is 5.57 Å². The maximum atomic E-state index is 13.1. The van der Waals surface area contributed by atoms with E-state index < -0.39 is 5.92 Å². The van der Waals surface area contributed by atoms with Crippen LogP contribution >= 0.6 is 0 Å². The number of carbonyl (C=O) groups excluding carboxylic acids is 1. The third-order valence-corrected chi connectivity index (χ3v) is 7.43. The number of hydrogen-bond acceptors (Lipinski definition) is 3. The Kier molecular flexibility index (Phi) is 11.0. The Labute approximate surface area is 219 Å². The van der Waals surface area contributed by atoms with E-state index in [1.165, 1.54) is 49.9 Å². The number of benzene rings is 1. The van der Waals surface area contributed by atoms with E-state index in [2.05, 4.69) is 73.6 Å². The Morgan fingerprint density at radius 1 is 0.806 bits per heavy atom. The molecular formula is C32H46N2O2. The van der Waals surface area contributed by atoms with Gasteiger partial charge < -0.3 is 10.0 Å². The Morgan fingerprint density at radius 3 is 1.81 bits per heavy atom. The largest absolute Gasteiger partial charge is 0.874 e. The zero-order chi connectivity index (χ0) is 25.9. The molecule has 1 atom stereocenters. The van der Waals surface area contributed by atoms with Gasteiger partial charge in [-0.05, 0) is 30.5 Å². The van der Waals surface area contributed by atoms with Crippen LogP contribution in [0.25, 0.3) is 5.57 Å². The molecule has 1 unspecified atom stereocenters. The summed E-state index contributed by atoms with van der Waals surface area (Å²) in [7, 11) is 0. The lowest BCUT2D eigenvalue weighted by molar-refractivity contribution is -0.527. The van der Waals surface area contributed by atoms with Gasteiger partial charge in [-0.3, -0.25) is 4.79 Å². The summed E-state index contributed by atoms with van der Waals surface area (Å²) in [6, 6.07) is 8.06. The highest BCUT2D eigenvalue weighted by molar-refractivity contribution is 6.29. The average molecular weight is 491 g/mol. The molecule has 1 aromatic carbocycles. The average Bonchev–Trinajstić information content (AvgIpc) is 2.90. The van der Waals surface area contributed by atoms with Crippen LogP contribution in [0.3, 0.4) is 0 Å². The summed E-state index contributed by atoms with van der Waals surface area (Å²) in [6.07, 6.45) is 17.7. The number of nitrogens with zero attached hydrogens (tertiary/aromatic N) is 2. The van der Waals surface area contributed by atoms with Gasteiger partial charge in [0.15, 0.2) is 11.5 Å². The first kappa shape index (κ1) is 28.0. The van der Waals surface area contributed by atoms with E-state index in [9.17, 15) is 9.90 Å². The molecule has 2 aliphatic rings. The lowest BCUT2D eigenvalue weighted by Gasteiger charge is -2.40. The Balaban J connectivity index is 1.72. The van der Waals surface area contributed by atoms with E-state index >= 15 is 0 Å². The van der Waals surface area contributed by atoms with Gasteiger partial charge in [-0.2, -0.15) is 0 Å². The van der Waals surface area contributed by atoms with Crippen molar-refractivity contribution in [3.05, 3.63) is 59.9 Å². The van der Waals surface area contributed by atoms with Crippen molar-refractivity contribution >= 4 is 22.8 Å². The number of allylic oxidation sites excluding steroid dienone is 6. The van der Waals surface area contributed by atoms with Gasteiger partial charge in [0, 0.05) is 61.2 Å². The minimum absolute atomic E-state index is 0.0156. The molecule has 0 heterocycles. The minimum Gasteiger partial charge on any atom is -0.874 e.